The van der Waals surface area contributed by atoms with Crippen molar-refractivity contribution in [3.05, 3.63) is 186 Å². The maximum atomic E-state index is 11.0. The molecule has 266 valence electrons. The van der Waals surface area contributed by atoms with Gasteiger partial charge in [0.05, 0.1) is 45.1 Å². The molecule has 0 fully saturated rings. The third-order valence-corrected chi connectivity index (χ3v) is 11.4. The van der Waals surface area contributed by atoms with Crippen molar-refractivity contribution in [1.82, 2.24) is 14.1 Å². The average molecular weight is 719 g/mol. The summed E-state index contributed by atoms with van der Waals surface area (Å²) in [4.78, 5) is 4.69. The normalized spacial score (nSPS) is 11.6. The summed E-state index contributed by atoms with van der Waals surface area (Å²) >= 11 is 0. The van der Waals surface area contributed by atoms with E-state index in [9.17, 15) is 5.26 Å². The number of nitriles is 1. The van der Waals surface area contributed by atoms with Gasteiger partial charge in [-0.2, -0.15) is 5.26 Å². The third kappa shape index (κ3) is 5.24. The van der Waals surface area contributed by atoms with Crippen LogP contribution in [-0.2, 0) is 0 Å². The Morgan fingerprint density at radius 2 is 0.857 bits per heavy atom. The number of benzene rings is 7. The maximum absolute atomic E-state index is 11.0. The lowest BCUT2D eigenvalue weighted by Gasteiger charge is -2.20. The largest absolute Gasteiger partial charge is 0.307 e. The average Bonchev–Trinajstić information content (AvgIpc) is 3.72. The molecule has 0 N–H and O–H groups in total. The summed E-state index contributed by atoms with van der Waals surface area (Å²) < 4.78 is 4.79. The first-order chi connectivity index (χ1) is 27.4. The number of pyridine rings is 1. The van der Waals surface area contributed by atoms with E-state index in [4.69, 9.17) is 0 Å². The first-order valence-electron chi connectivity index (χ1n) is 19.1. The van der Waals surface area contributed by atoms with Gasteiger partial charge in [0.1, 0.15) is 0 Å². The molecule has 0 atom stereocenters. The van der Waals surface area contributed by atoms with E-state index >= 15 is 0 Å². The van der Waals surface area contributed by atoms with Gasteiger partial charge >= 0.3 is 0 Å². The lowest BCUT2D eigenvalue weighted by atomic mass is 9.97. The monoisotopic (exact) mass is 718 g/mol. The quantitative estimate of drug-likeness (QED) is 0.178. The second-order valence-electron chi connectivity index (χ2n) is 14.9. The summed E-state index contributed by atoms with van der Waals surface area (Å²) in [5, 5.41) is 15.6. The van der Waals surface area contributed by atoms with Crippen LogP contribution in [0.3, 0.4) is 0 Å². The van der Waals surface area contributed by atoms with Crippen LogP contribution in [0.5, 0.6) is 0 Å². The minimum absolute atomic E-state index is 0.608. The van der Waals surface area contributed by atoms with Crippen molar-refractivity contribution >= 4 is 43.6 Å². The molecule has 0 unspecified atom stereocenters. The molecule has 3 aromatic heterocycles. The summed E-state index contributed by atoms with van der Waals surface area (Å²) in [6.45, 7) is 8.37. The van der Waals surface area contributed by atoms with Crippen LogP contribution in [0, 0.1) is 39.0 Å². The SMILES string of the molecule is Cc1cc(-c2cc(-n3c4ccccc4c4ccc(-c5ccccc5C)cc43)c(-n3c4ccccc4c4ccc(-c5ccccc5C)cc43)cc2C#N)cc(C)n1. The smallest absolute Gasteiger partial charge is 0.0998 e. The van der Waals surface area contributed by atoms with E-state index in [1.807, 2.05) is 13.8 Å². The van der Waals surface area contributed by atoms with Crippen LogP contribution < -0.4 is 0 Å². The number of para-hydroxylation sites is 2. The molecule has 10 aromatic rings. The molecule has 0 aliphatic carbocycles. The van der Waals surface area contributed by atoms with Crippen molar-refractivity contribution in [2.45, 2.75) is 27.7 Å². The first kappa shape index (κ1) is 33.4. The van der Waals surface area contributed by atoms with Gasteiger partial charge in [0.15, 0.2) is 0 Å². The Bertz CT molecular complexity index is 3240. The molecule has 0 amide bonds. The van der Waals surface area contributed by atoms with Crippen molar-refractivity contribution in [3.63, 3.8) is 0 Å². The van der Waals surface area contributed by atoms with Crippen molar-refractivity contribution in [3.8, 4) is 50.8 Å². The molecule has 10 rings (SSSR count). The Labute approximate surface area is 326 Å². The van der Waals surface area contributed by atoms with Gasteiger partial charge in [0.2, 0.25) is 0 Å². The van der Waals surface area contributed by atoms with Gasteiger partial charge in [0.25, 0.3) is 0 Å². The van der Waals surface area contributed by atoms with Gasteiger partial charge in [-0.3, -0.25) is 4.98 Å². The molecule has 4 heteroatoms. The second kappa shape index (κ2) is 13.0. The number of fused-ring (bicyclic) bond motifs is 6. The highest BCUT2D eigenvalue weighted by molar-refractivity contribution is 6.13. The van der Waals surface area contributed by atoms with E-state index in [1.165, 1.54) is 33.0 Å². The molecule has 56 heavy (non-hydrogen) atoms. The van der Waals surface area contributed by atoms with Crippen LogP contribution in [0.2, 0.25) is 0 Å². The Balaban J connectivity index is 1.38. The van der Waals surface area contributed by atoms with E-state index in [2.05, 4.69) is 192 Å². The minimum Gasteiger partial charge on any atom is -0.307 e. The summed E-state index contributed by atoms with van der Waals surface area (Å²) in [5.41, 5.74) is 17.8. The highest BCUT2D eigenvalue weighted by Crippen LogP contribution is 2.43. The molecular formula is C52H38N4. The zero-order chi connectivity index (χ0) is 38.1. The van der Waals surface area contributed by atoms with Crippen LogP contribution in [0.25, 0.3) is 88.4 Å². The number of aromatic nitrogens is 3. The highest BCUT2D eigenvalue weighted by Gasteiger charge is 2.23. The summed E-state index contributed by atoms with van der Waals surface area (Å²) in [6, 6.07) is 59.2. The molecule has 4 nitrogen and oxygen atoms in total. The van der Waals surface area contributed by atoms with Crippen molar-refractivity contribution in [2.24, 2.45) is 0 Å². The Kier molecular flexibility index (Phi) is 7.73. The van der Waals surface area contributed by atoms with Crippen LogP contribution in [0.15, 0.2) is 158 Å². The molecule has 0 saturated carbocycles. The Morgan fingerprint density at radius 1 is 0.411 bits per heavy atom. The van der Waals surface area contributed by atoms with Crippen molar-refractivity contribution < 1.29 is 0 Å². The zero-order valence-corrected chi connectivity index (χ0v) is 31.8. The number of nitrogens with zero attached hydrogens (tertiary/aromatic N) is 4. The van der Waals surface area contributed by atoms with Gasteiger partial charge in [-0.1, -0.05) is 109 Å². The standard InChI is InChI=1S/C52H38N4/c1-32-13-5-7-15-40(32)36-21-23-44-42-17-9-11-19-47(42)55(49(44)27-36)51-29-39(31-53)46(38-25-34(3)54-35(4)26-38)30-52(51)56-48-20-12-10-18-43(48)45-24-22-37(28-50(45)56)41-16-8-6-14-33(41)2/h5-30H,1-4H3. The summed E-state index contributed by atoms with van der Waals surface area (Å²) in [6.07, 6.45) is 0. The lowest BCUT2D eigenvalue weighted by Crippen LogP contribution is -2.06. The number of hydrogen-bond acceptors (Lipinski definition) is 2. The van der Waals surface area contributed by atoms with E-state index in [0.717, 1.165) is 77.9 Å². The fourth-order valence-electron chi connectivity index (χ4n) is 8.85. The molecule has 0 spiro atoms. The molecule has 3 heterocycles. The third-order valence-electron chi connectivity index (χ3n) is 11.4. The van der Waals surface area contributed by atoms with Crippen LogP contribution in [0.1, 0.15) is 28.1 Å². The second-order valence-corrected chi connectivity index (χ2v) is 14.9. The van der Waals surface area contributed by atoms with Crippen molar-refractivity contribution in [1.29, 1.82) is 5.26 Å². The Morgan fingerprint density at radius 3 is 1.36 bits per heavy atom. The maximum Gasteiger partial charge on any atom is 0.0998 e. The van der Waals surface area contributed by atoms with Crippen LogP contribution in [0.4, 0.5) is 0 Å². The number of rotatable bonds is 5. The molecule has 7 aromatic carbocycles. The van der Waals surface area contributed by atoms with E-state index in [1.54, 1.807) is 0 Å². The minimum atomic E-state index is 0.608. The molecule has 0 bridgehead atoms. The summed E-state index contributed by atoms with van der Waals surface area (Å²) in [7, 11) is 0. The van der Waals surface area contributed by atoms with Crippen molar-refractivity contribution in [2.75, 3.05) is 0 Å². The van der Waals surface area contributed by atoms with Gasteiger partial charge in [-0.15, -0.1) is 0 Å². The topological polar surface area (TPSA) is 46.5 Å². The number of hydrogen-bond donors (Lipinski definition) is 0. The zero-order valence-electron chi connectivity index (χ0n) is 31.8. The van der Waals surface area contributed by atoms with E-state index in [-0.39, 0.29) is 0 Å². The molecule has 0 saturated heterocycles. The molecule has 0 aliphatic heterocycles. The van der Waals surface area contributed by atoms with Gasteiger partial charge < -0.3 is 9.13 Å². The van der Waals surface area contributed by atoms with Gasteiger partial charge in [-0.25, -0.2) is 0 Å². The predicted octanol–water partition coefficient (Wildman–Crippen LogP) is 13.4. The fraction of sp³-hybridized carbons (Fsp3) is 0.0769. The predicted molar refractivity (Wildman–Crippen MR) is 233 cm³/mol. The molecule has 0 radical (unpaired) electrons. The summed E-state index contributed by atoms with van der Waals surface area (Å²) in [5.74, 6) is 0. The number of aryl methyl sites for hydroxylation is 4. The van der Waals surface area contributed by atoms with E-state index in [0.29, 0.717) is 5.56 Å². The van der Waals surface area contributed by atoms with Gasteiger partial charge in [-0.05, 0) is 115 Å². The first-order valence-corrected chi connectivity index (χ1v) is 19.1. The lowest BCUT2D eigenvalue weighted by molar-refractivity contribution is 1.09. The van der Waals surface area contributed by atoms with Crippen LogP contribution >= 0.6 is 0 Å². The molecule has 0 aliphatic rings. The van der Waals surface area contributed by atoms with Gasteiger partial charge in [0, 0.05) is 38.5 Å². The molecular weight excluding hydrogens is 681 g/mol. The van der Waals surface area contributed by atoms with E-state index < -0.39 is 0 Å². The Hall–Kier alpha value is -7.22. The van der Waals surface area contributed by atoms with Crippen LogP contribution in [-0.4, -0.2) is 14.1 Å². The fourth-order valence-corrected chi connectivity index (χ4v) is 8.85. The highest BCUT2D eigenvalue weighted by atomic mass is 15.1.